The van der Waals surface area contributed by atoms with E-state index in [-0.39, 0.29) is 31.6 Å². The van der Waals surface area contributed by atoms with Gasteiger partial charge < -0.3 is 20.1 Å². The number of aliphatic hydroxyl groups excluding tert-OH is 2. The maximum atomic E-state index is 15.0. The Hall–Kier alpha value is -1.65. The molecular weight excluding hydrogens is 382 g/mol. The number of alkyl halides is 2. The zero-order valence-electron chi connectivity index (χ0n) is 17.1. The second-order valence-corrected chi connectivity index (χ2v) is 8.16. The van der Waals surface area contributed by atoms with E-state index in [1.807, 2.05) is 13.8 Å². The molecule has 0 spiro atoms. The summed E-state index contributed by atoms with van der Waals surface area (Å²) in [5, 5.41) is 29.3. The summed E-state index contributed by atoms with van der Waals surface area (Å²) in [5.74, 6) is -0.441. The van der Waals surface area contributed by atoms with Crippen molar-refractivity contribution in [2.75, 3.05) is 0 Å². The van der Waals surface area contributed by atoms with E-state index >= 15 is 0 Å². The van der Waals surface area contributed by atoms with Gasteiger partial charge in [0.25, 0.3) is 0 Å². The molecule has 2 rings (SSSR count). The van der Waals surface area contributed by atoms with Crippen LogP contribution in [-0.2, 0) is 9.53 Å². The van der Waals surface area contributed by atoms with Gasteiger partial charge in [-0.2, -0.15) is 8.78 Å². The van der Waals surface area contributed by atoms with Crippen LogP contribution in [0.2, 0.25) is 0 Å². The van der Waals surface area contributed by atoms with Crippen LogP contribution in [0.15, 0.2) is 11.8 Å². The molecule has 6 atom stereocenters. The minimum atomic E-state index is -3.20. The number of halogens is 2. The number of unbranched alkanes of at least 4 members (excludes halogenated alkanes) is 1. The number of rotatable bonds is 9. The Labute approximate surface area is 171 Å². The molecule has 5 nitrogen and oxygen atoms in total. The number of fused-ring (bicyclic) bond motifs is 1. The topological polar surface area (TPSA) is 87.0 Å². The fourth-order valence-corrected chi connectivity index (χ4v) is 4.29. The first kappa shape index (κ1) is 23.6. The fourth-order valence-electron chi connectivity index (χ4n) is 4.29. The number of ether oxygens (including phenoxy) is 1. The summed E-state index contributed by atoms with van der Waals surface area (Å²) < 4.78 is 35.4. The first-order valence-electron chi connectivity index (χ1n) is 10.5. The predicted octanol–water partition coefficient (Wildman–Crippen LogP) is 3.74. The molecular formula is C22H32F2O5. The van der Waals surface area contributed by atoms with Crippen LogP contribution in [0.4, 0.5) is 8.78 Å². The SMILES string of the molecule is CCC#CCC(C)C(O)CCC1C(O)CC2O/C(=C/CCCC(=O)O)C(F)(F)C21. The van der Waals surface area contributed by atoms with Gasteiger partial charge in [0.05, 0.1) is 18.1 Å². The van der Waals surface area contributed by atoms with Gasteiger partial charge in [0.15, 0.2) is 5.76 Å². The molecule has 0 amide bonds. The van der Waals surface area contributed by atoms with Crippen molar-refractivity contribution in [2.24, 2.45) is 17.8 Å². The average Bonchev–Trinajstić information content (AvgIpc) is 3.09. The summed E-state index contributed by atoms with van der Waals surface area (Å²) in [6, 6.07) is 0. The van der Waals surface area contributed by atoms with Gasteiger partial charge in [0.1, 0.15) is 6.10 Å². The van der Waals surface area contributed by atoms with Crippen molar-refractivity contribution in [2.45, 2.75) is 89.4 Å². The molecule has 1 heterocycles. The molecule has 6 unspecified atom stereocenters. The molecule has 29 heavy (non-hydrogen) atoms. The minimum absolute atomic E-state index is 0.0616. The molecule has 2 fully saturated rings. The molecule has 0 radical (unpaired) electrons. The lowest BCUT2D eigenvalue weighted by Gasteiger charge is -2.26. The van der Waals surface area contributed by atoms with Crippen molar-refractivity contribution in [3.8, 4) is 11.8 Å². The first-order chi connectivity index (χ1) is 13.7. The van der Waals surface area contributed by atoms with Crippen LogP contribution in [0.1, 0.15) is 65.2 Å². The molecule has 1 saturated carbocycles. The van der Waals surface area contributed by atoms with Gasteiger partial charge in [-0.3, -0.25) is 4.79 Å². The molecule has 2 aliphatic rings. The monoisotopic (exact) mass is 414 g/mol. The number of carbonyl (C=O) groups is 1. The molecule has 0 aromatic carbocycles. The zero-order chi connectivity index (χ0) is 21.6. The molecule has 1 saturated heterocycles. The Balaban J connectivity index is 1.96. The van der Waals surface area contributed by atoms with E-state index < -0.39 is 47.8 Å². The van der Waals surface area contributed by atoms with E-state index in [1.54, 1.807) is 0 Å². The Morgan fingerprint density at radius 2 is 2.14 bits per heavy atom. The van der Waals surface area contributed by atoms with Crippen LogP contribution in [0.25, 0.3) is 0 Å². The highest BCUT2D eigenvalue weighted by Gasteiger charge is 2.63. The van der Waals surface area contributed by atoms with E-state index in [2.05, 4.69) is 11.8 Å². The van der Waals surface area contributed by atoms with Crippen LogP contribution >= 0.6 is 0 Å². The number of carboxylic acids is 1. The normalized spacial score (nSPS) is 30.9. The van der Waals surface area contributed by atoms with Crippen molar-refractivity contribution in [3.05, 3.63) is 11.8 Å². The third kappa shape index (κ3) is 5.93. The Morgan fingerprint density at radius 3 is 2.79 bits per heavy atom. The summed E-state index contributed by atoms with van der Waals surface area (Å²) in [7, 11) is 0. The lowest BCUT2D eigenvalue weighted by atomic mass is 9.83. The van der Waals surface area contributed by atoms with E-state index in [0.717, 1.165) is 6.42 Å². The number of hydrogen-bond acceptors (Lipinski definition) is 4. The van der Waals surface area contributed by atoms with Crippen LogP contribution in [0.3, 0.4) is 0 Å². The molecule has 0 bridgehead atoms. The van der Waals surface area contributed by atoms with E-state index in [0.29, 0.717) is 19.3 Å². The second kappa shape index (κ2) is 10.4. The van der Waals surface area contributed by atoms with Gasteiger partial charge in [0, 0.05) is 25.7 Å². The van der Waals surface area contributed by atoms with Crippen LogP contribution in [-0.4, -0.2) is 45.5 Å². The number of hydrogen-bond donors (Lipinski definition) is 3. The summed E-state index contributed by atoms with van der Waals surface area (Å²) >= 11 is 0. The molecule has 7 heteroatoms. The van der Waals surface area contributed by atoms with E-state index in [9.17, 15) is 23.8 Å². The summed E-state index contributed by atoms with van der Waals surface area (Å²) in [5.41, 5.74) is 0. The van der Waals surface area contributed by atoms with Crippen molar-refractivity contribution < 1.29 is 33.6 Å². The van der Waals surface area contributed by atoms with Crippen molar-refractivity contribution in [1.82, 2.24) is 0 Å². The van der Waals surface area contributed by atoms with Gasteiger partial charge in [-0.15, -0.1) is 11.8 Å². The quantitative estimate of drug-likeness (QED) is 0.395. The van der Waals surface area contributed by atoms with E-state index in [1.165, 1.54) is 6.08 Å². The maximum absolute atomic E-state index is 15.0. The number of aliphatic hydroxyl groups is 2. The predicted molar refractivity (Wildman–Crippen MR) is 104 cm³/mol. The second-order valence-electron chi connectivity index (χ2n) is 8.16. The highest BCUT2D eigenvalue weighted by atomic mass is 19.3. The summed E-state index contributed by atoms with van der Waals surface area (Å²) in [6.45, 7) is 3.83. The molecule has 0 aromatic rings. The largest absolute Gasteiger partial charge is 0.488 e. The number of aliphatic carboxylic acids is 1. The van der Waals surface area contributed by atoms with E-state index in [4.69, 9.17) is 9.84 Å². The minimum Gasteiger partial charge on any atom is -0.488 e. The van der Waals surface area contributed by atoms with Crippen molar-refractivity contribution in [3.63, 3.8) is 0 Å². The van der Waals surface area contributed by atoms with Gasteiger partial charge in [-0.05, 0) is 43.6 Å². The summed E-state index contributed by atoms with van der Waals surface area (Å²) in [4.78, 5) is 10.6. The molecule has 3 N–H and O–H groups in total. The zero-order valence-corrected chi connectivity index (χ0v) is 17.1. The highest BCUT2D eigenvalue weighted by Crippen LogP contribution is 2.55. The average molecular weight is 414 g/mol. The maximum Gasteiger partial charge on any atom is 0.310 e. The van der Waals surface area contributed by atoms with Crippen molar-refractivity contribution >= 4 is 5.97 Å². The van der Waals surface area contributed by atoms with Gasteiger partial charge in [0.2, 0.25) is 0 Å². The van der Waals surface area contributed by atoms with Gasteiger partial charge in [-0.1, -0.05) is 13.8 Å². The lowest BCUT2D eigenvalue weighted by molar-refractivity contribution is -0.137. The third-order valence-corrected chi connectivity index (χ3v) is 5.96. The molecule has 1 aliphatic carbocycles. The highest BCUT2D eigenvalue weighted by molar-refractivity contribution is 5.66. The van der Waals surface area contributed by atoms with Crippen LogP contribution < -0.4 is 0 Å². The third-order valence-electron chi connectivity index (χ3n) is 5.96. The number of carboxylic acid groups (broad SMARTS) is 1. The Bertz CT molecular complexity index is 651. The lowest BCUT2D eigenvalue weighted by Crippen LogP contribution is -2.34. The standard InChI is InChI=1S/C22H32F2O5/c1-3-4-5-8-14(2)16(25)12-11-15-17(26)13-18-21(15)22(23,24)19(29-18)9-6-7-10-20(27)28/h9,14-18,21,25-26H,3,6-8,10-13H2,1-2H3,(H,27,28)/b19-9+. The van der Waals surface area contributed by atoms with Crippen LogP contribution in [0, 0.1) is 29.6 Å². The van der Waals surface area contributed by atoms with Gasteiger partial charge >= 0.3 is 11.9 Å². The molecule has 0 aromatic heterocycles. The Morgan fingerprint density at radius 1 is 1.41 bits per heavy atom. The fraction of sp³-hybridized carbons (Fsp3) is 0.773. The summed E-state index contributed by atoms with van der Waals surface area (Å²) in [6.07, 6.45) is 1.46. The number of allylic oxidation sites excluding steroid dienone is 2. The first-order valence-corrected chi connectivity index (χ1v) is 10.5. The van der Waals surface area contributed by atoms with Crippen molar-refractivity contribution in [1.29, 1.82) is 0 Å². The van der Waals surface area contributed by atoms with Gasteiger partial charge in [-0.25, -0.2) is 0 Å². The molecule has 164 valence electrons. The van der Waals surface area contributed by atoms with Crippen LogP contribution in [0.5, 0.6) is 0 Å². The molecule has 1 aliphatic heterocycles. The Kier molecular flexibility index (Phi) is 8.47. The smallest absolute Gasteiger partial charge is 0.310 e.